The number of likely N-dealkylation sites (N-methyl/N-ethyl adjacent to an activating group) is 1. The van der Waals surface area contributed by atoms with Crippen LogP contribution < -0.4 is 11.1 Å². The third-order valence-corrected chi connectivity index (χ3v) is 8.23. The maximum absolute atomic E-state index is 13.2. The third kappa shape index (κ3) is 6.33. The maximum atomic E-state index is 13.2. The van der Waals surface area contributed by atoms with Crippen LogP contribution in [0.5, 0.6) is 0 Å². The van der Waals surface area contributed by atoms with Crippen LogP contribution in [0.15, 0.2) is 51.7 Å². The summed E-state index contributed by atoms with van der Waals surface area (Å²) in [4.78, 5) is 28.0. The largest absolute Gasteiger partial charge is 0.419 e. The number of rotatable bonds is 8. The second-order valence-electron chi connectivity index (χ2n) is 10.5. The van der Waals surface area contributed by atoms with Crippen LogP contribution in [0.2, 0.25) is 0 Å². The zero-order chi connectivity index (χ0) is 28.1. The molecule has 212 valence electrons. The number of fused-ring (bicyclic) bond motifs is 1. The molecule has 0 spiro atoms. The van der Waals surface area contributed by atoms with Crippen LogP contribution in [0.4, 0.5) is 0 Å². The molecule has 1 amide bonds. The Morgan fingerprint density at radius 1 is 1.15 bits per heavy atom. The highest BCUT2D eigenvalue weighted by atomic mass is 32.1. The summed E-state index contributed by atoms with van der Waals surface area (Å²) in [6.45, 7) is 6.24. The summed E-state index contributed by atoms with van der Waals surface area (Å²) in [6.07, 6.45) is 0.573. The number of hydrogen-bond acceptors (Lipinski definition) is 9. The lowest BCUT2D eigenvalue weighted by molar-refractivity contribution is -0.712. The molecule has 0 saturated carbocycles. The maximum Gasteiger partial charge on any atom is 0.419 e. The Hall–Kier alpha value is -2.98. The molecular weight excluding hydrogens is 530 g/mol. The van der Waals surface area contributed by atoms with E-state index in [9.17, 15) is 14.9 Å². The normalized spacial score (nSPS) is 20.9. The van der Waals surface area contributed by atoms with E-state index in [2.05, 4.69) is 29.1 Å². The van der Waals surface area contributed by atoms with Crippen molar-refractivity contribution in [2.75, 3.05) is 59.6 Å². The number of ether oxygens (including phenoxy) is 2. The van der Waals surface area contributed by atoms with Gasteiger partial charge >= 0.3 is 11.7 Å². The highest BCUT2D eigenvalue weighted by Gasteiger charge is 2.43. The number of benzene rings is 2. The molecule has 0 bridgehead atoms. The van der Waals surface area contributed by atoms with Gasteiger partial charge in [0.1, 0.15) is 6.07 Å². The molecule has 5 rings (SSSR count). The monoisotopic (exact) mass is 566 g/mol. The fourth-order valence-corrected chi connectivity index (χ4v) is 5.50. The van der Waals surface area contributed by atoms with E-state index in [0.717, 1.165) is 68.0 Å². The Bertz CT molecular complexity index is 1410. The second-order valence-corrected chi connectivity index (χ2v) is 11.3. The van der Waals surface area contributed by atoms with Gasteiger partial charge in [-0.3, -0.25) is 9.47 Å². The summed E-state index contributed by atoms with van der Waals surface area (Å²) in [5, 5.41) is 13.1. The Kier molecular flexibility index (Phi) is 9.05. The first-order valence-corrected chi connectivity index (χ1v) is 14.1. The van der Waals surface area contributed by atoms with Gasteiger partial charge in [0.2, 0.25) is 0 Å². The standard InChI is InChI=1S/C29H36N5O5S/c1-34(40,28(35)27-20-31-9-2-14-38-27)24(19-30)17-21-3-5-22(6-4-21)23-7-8-25-26(18-23)39-29(36)33(25)11-10-32-12-15-37-16-13-32/h3-8,18,24,27,31,40H,2,9-17,20H2,1H3/q+1/t24-,27-,34?/m0/s1. The highest BCUT2D eigenvalue weighted by Crippen LogP contribution is 2.27. The van der Waals surface area contributed by atoms with Crippen molar-refractivity contribution in [2.24, 2.45) is 0 Å². The van der Waals surface area contributed by atoms with E-state index in [4.69, 9.17) is 13.9 Å². The first kappa shape index (κ1) is 28.5. The molecule has 1 unspecified atom stereocenters. The fourth-order valence-electron chi connectivity index (χ4n) is 5.23. The van der Waals surface area contributed by atoms with Crippen molar-refractivity contribution < 1.29 is 22.6 Å². The molecule has 0 aliphatic carbocycles. The molecule has 2 aliphatic rings. The third-order valence-electron chi connectivity index (χ3n) is 7.75. The summed E-state index contributed by atoms with van der Waals surface area (Å²) in [7, 11) is 1.65. The molecule has 3 atom stereocenters. The predicted octanol–water partition coefficient (Wildman–Crippen LogP) is 2.22. The van der Waals surface area contributed by atoms with Gasteiger partial charge in [-0.25, -0.2) is 9.59 Å². The van der Waals surface area contributed by atoms with Crippen molar-refractivity contribution in [1.29, 1.82) is 5.26 Å². The number of morpholine rings is 1. The topological polar surface area (TPSA) is 110 Å². The molecule has 2 aliphatic heterocycles. The molecule has 2 saturated heterocycles. The van der Waals surface area contributed by atoms with Crippen LogP contribution in [0, 0.1) is 11.3 Å². The zero-order valence-electron chi connectivity index (χ0n) is 22.8. The lowest BCUT2D eigenvalue weighted by Crippen LogP contribution is -2.55. The van der Waals surface area contributed by atoms with Crippen LogP contribution in [-0.4, -0.2) is 91.0 Å². The van der Waals surface area contributed by atoms with Crippen LogP contribution >= 0.6 is 12.8 Å². The minimum absolute atomic E-state index is 0.229. The van der Waals surface area contributed by atoms with Crippen molar-refractivity contribution >= 4 is 29.8 Å². The van der Waals surface area contributed by atoms with Crippen molar-refractivity contribution in [1.82, 2.24) is 14.8 Å². The van der Waals surface area contributed by atoms with Gasteiger partial charge in [-0.1, -0.05) is 30.3 Å². The van der Waals surface area contributed by atoms with Crippen LogP contribution in [-0.2, 0) is 27.2 Å². The summed E-state index contributed by atoms with van der Waals surface area (Å²) in [5.41, 5.74) is 4.13. The van der Waals surface area contributed by atoms with E-state index >= 15 is 0 Å². The number of oxazole rings is 1. The molecule has 3 heterocycles. The van der Waals surface area contributed by atoms with Crippen LogP contribution in [0.1, 0.15) is 12.0 Å². The van der Waals surface area contributed by atoms with Gasteiger partial charge in [-0.2, -0.15) is 9.15 Å². The van der Waals surface area contributed by atoms with E-state index in [1.807, 2.05) is 42.5 Å². The summed E-state index contributed by atoms with van der Waals surface area (Å²) in [6, 6.07) is 15.2. The van der Waals surface area contributed by atoms with Crippen molar-refractivity contribution in [3.63, 3.8) is 0 Å². The van der Waals surface area contributed by atoms with Crippen molar-refractivity contribution in [3.05, 3.63) is 58.6 Å². The summed E-state index contributed by atoms with van der Waals surface area (Å²) >= 11 is 4.61. The fraction of sp³-hybridized carbons (Fsp3) is 0.483. The molecule has 3 aromatic rings. The number of nitrogens with one attached hydrogen (secondary N) is 1. The van der Waals surface area contributed by atoms with E-state index in [0.29, 0.717) is 31.7 Å². The zero-order valence-corrected chi connectivity index (χ0v) is 23.6. The summed E-state index contributed by atoms with van der Waals surface area (Å²) < 4.78 is 18.0. The van der Waals surface area contributed by atoms with Crippen LogP contribution in [0.25, 0.3) is 22.2 Å². The smallest absolute Gasteiger partial charge is 0.408 e. The number of aromatic nitrogens is 1. The Balaban J connectivity index is 1.27. The molecule has 1 aromatic heterocycles. The number of quaternary nitrogens is 1. The number of carbonyl (C=O) groups excluding carboxylic acids is 1. The Labute approximate surface area is 239 Å². The van der Waals surface area contributed by atoms with E-state index < -0.39 is 12.1 Å². The number of amides is 1. The van der Waals surface area contributed by atoms with E-state index in [-0.39, 0.29) is 15.6 Å². The molecule has 1 N–H and O–H groups in total. The van der Waals surface area contributed by atoms with E-state index in [1.165, 1.54) is 0 Å². The van der Waals surface area contributed by atoms with Gasteiger partial charge in [-0.15, -0.1) is 0 Å². The number of carbonyl (C=O) groups is 1. The van der Waals surface area contributed by atoms with Gasteiger partial charge in [0.25, 0.3) is 0 Å². The first-order valence-electron chi connectivity index (χ1n) is 13.7. The minimum Gasteiger partial charge on any atom is -0.408 e. The van der Waals surface area contributed by atoms with Crippen molar-refractivity contribution in [2.45, 2.75) is 31.5 Å². The molecule has 40 heavy (non-hydrogen) atoms. The number of hydrogen-bond donors (Lipinski definition) is 2. The number of nitrogens with zero attached hydrogens (tertiary/aromatic N) is 4. The highest BCUT2D eigenvalue weighted by molar-refractivity contribution is 7.74. The van der Waals surface area contributed by atoms with E-state index in [1.54, 1.807) is 11.6 Å². The Morgan fingerprint density at radius 2 is 1.90 bits per heavy atom. The van der Waals surface area contributed by atoms with Crippen molar-refractivity contribution in [3.8, 4) is 17.2 Å². The second kappa shape index (κ2) is 12.7. The first-order chi connectivity index (χ1) is 19.4. The predicted molar refractivity (Wildman–Crippen MR) is 154 cm³/mol. The van der Waals surface area contributed by atoms with Gasteiger partial charge < -0.3 is 19.2 Å². The average molecular weight is 567 g/mol. The molecule has 10 nitrogen and oxygen atoms in total. The minimum atomic E-state index is -0.684. The lowest BCUT2D eigenvalue weighted by Gasteiger charge is -2.31. The van der Waals surface area contributed by atoms with Crippen LogP contribution in [0.3, 0.4) is 0 Å². The number of nitriles is 1. The molecule has 2 fully saturated rings. The molecule has 0 radical (unpaired) electrons. The average Bonchev–Trinajstić information content (AvgIpc) is 3.11. The van der Waals surface area contributed by atoms with Gasteiger partial charge in [-0.05, 0) is 41.8 Å². The SMILES string of the molecule is C[N+](S)(C(=O)[C@@H]1CNCCCO1)[C@H](C#N)Cc1ccc(-c2ccc3c(c2)oc(=O)n3CCN2CCOCC2)cc1. The molecule has 2 aromatic carbocycles. The van der Waals surface area contributed by atoms with Gasteiger partial charge in [0.05, 0.1) is 38.6 Å². The molecular formula is C29H36N5O5S+. The summed E-state index contributed by atoms with van der Waals surface area (Å²) in [5.74, 6) is -0.585. The van der Waals surface area contributed by atoms with Gasteiger partial charge in [0.15, 0.2) is 17.7 Å². The lowest BCUT2D eigenvalue weighted by atomic mass is 10.00. The quantitative estimate of drug-likeness (QED) is 0.316. The number of thiol groups is 1. The van der Waals surface area contributed by atoms with Gasteiger partial charge in [0, 0.05) is 45.8 Å². The molecule has 11 heteroatoms. The Morgan fingerprint density at radius 3 is 2.65 bits per heavy atom.